The van der Waals surface area contributed by atoms with E-state index < -0.39 is 15.8 Å². The van der Waals surface area contributed by atoms with Crippen molar-refractivity contribution in [3.05, 3.63) is 72.0 Å². The van der Waals surface area contributed by atoms with E-state index in [1.807, 2.05) is 6.07 Å². The van der Waals surface area contributed by atoms with Crippen molar-refractivity contribution < 1.29 is 17.5 Å². The Bertz CT molecular complexity index is 1340. The zero-order valence-corrected chi connectivity index (χ0v) is 18.7. The molecule has 0 bridgehead atoms. The van der Waals surface area contributed by atoms with Gasteiger partial charge in [-0.05, 0) is 54.8 Å². The van der Waals surface area contributed by atoms with Crippen molar-refractivity contribution in [2.75, 3.05) is 28.6 Å². The largest absolute Gasteiger partial charge is 0.497 e. The molecular formula is C23H22FN5O3S. The molecule has 0 saturated heterocycles. The maximum absolute atomic E-state index is 14.5. The quantitative estimate of drug-likeness (QED) is 0.530. The van der Waals surface area contributed by atoms with E-state index in [1.54, 1.807) is 43.5 Å². The summed E-state index contributed by atoms with van der Waals surface area (Å²) in [6, 6.07) is 12.6. The van der Waals surface area contributed by atoms with E-state index in [-0.39, 0.29) is 17.2 Å². The van der Waals surface area contributed by atoms with Crippen LogP contribution in [0.15, 0.2) is 60.6 Å². The molecule has 10 heteroatoms. The van der Waals surface area contributed by atoms with Crippen LogP contribution < -0.4 is 19.7 Å². The predicted molar refractivity (Wildman–Crippen MR) is 125 cm³/mol. The van der Waals surface area contributed by atoms with Gasteiger partial charge in [-0.25, -0.2) is 17.8 Å². The molecule has 8 nitrogen and oxygen atoms in total. The minimum absolute atomic E-state index is 0.0294. The summed E-state index contributed by atoms with van der Waals surface area (Å²) >= 11 is 0. The second kappa shape index (κ2) is 7.73. The van der Waals surface area contributed by atoms with E-state index in [0.29, 0.717) is 29.4 Å². The highest BCUT2D eigenvalue weighted by Crippen LogP contribution is 2.57. The second-order valence-electron chi connectivity index (χ2n) is 8.10. The van der Waals surface area contributed by atoms with Crippen LogP contribution >= 0.6 is 0 Å². The number of aromatic nitrogens is 2. The van der Waals surface area contributed by atoms with Crippen LogP contribution in [0.3, 0.4) is 0 Å². The monoisotopic (exact) mass is 467 g/mol. The van der Waals surface area contributed by atoms with E-state index in [2.05, 4.69) is 27.2 Å². The first-order valence-electron chi connectivity index (χ1n) is 10.3. The lowest BCUT2D eigenvalue weighted by atomic mass is 9.98. The third-order valence-electron chi connectivity index (χ3n) is 6.01. The number of sulfonamides is 1. The molecule has 0 amide bonds. The maximum Gasteiger partial charge on any atom is 0.256 e. The smallest absolute Gasteiger partial charge is 0.256 e. The van der Waals surface area contributed by atoms with Crippen molar-refractivity contribution in [3.8, 4) is 5.75 Å². The van der Waals surface area contributed by atoms with Crippen molar-refractivity contribution in [2.24, 2.45) is 0 Å². The van der Waals surface area contributed by atoms with Gasteiger partial charge in [0.1, 0.15) is 5.75 Å². The van der Waals surface area contributed by atoms with Gasteiger partial charge in [-0.1, -0.05) is 12.6 Å². The lowest BCUT2D eigenvalue weighted by molar-refractivity contribution is 0.415. The Morgan fingerprint density at radius 3 is 2.55 bits per heavy atom. The number of benzene rings is 2. The summed E-state index contributed by atoms with van der Waals surface area (Å²) in [7, 11) is -2.05. The Kier molecular flexibility index (Phi) is 4.97. The number of hydrogen-bond donors (Lipinski definition) is 2. The number of hydrogen-bond acceptors (Lipinski definition) is 7. The zero-order valence-electron chi connectivity index (χ0n) is 17.9. The van der Waals surface area contributed by atoms with Gasteiger partial charge in [-0.2, -0.15) is 4.98 Å². The SMILES string of the molecule is C=CS(=O)(=O)N1CC2(CC2)c2ccc(Nc3nc(Nc4ccc(OC)cc4)ncc3F)cc21. The zero-order chi connectivity index (χ0) is 23.2. The molecule has 2 aromatic carbocycles. The lowest BCUT2D eigenvalue weighted by Crippen LogP contribution is -2.29. The molecule has 1 spiro atoms. The van der Waals surface area contributed by atoms with Gasteiger partial charge >= 0.3 is 0 Å². The molecule has 5 rings (SSSR count). The van der Waals surface area contributed by atoms with Crippen LogP contribution in [0.4, 0.5) is 33.2 Å². The van der Waals surface area contributed by atoms with Gasteiger partial charge < -0.3 is 15.4 Å². The first-order valence-corrected chi connectivity index (χ1v) is 11.8. The number of nitrogens with one attached hydrogen (secondary N) is 2. The Hall–Kier alpha value is -3.66. The van der Waals surface area contributed by atoms with Crippen LogP contribution in [-0.4, -0.2) is 32.0 Å². The van der Waals surface area contributed by atoms with Crippen LogP contribution in [0, 0.1) is 5.82 Å². The molecule has 170 valence electrons. The van der Waals surface area contributed by atoms with E-state index in [4.69, 9.17) is 4.74 Å². The summed E-state index contributed by atoms with van der Waals surface area (Å²) in [6.45, 7) is 3.85. The van der Waals surface area contributed by atoms with E-state index in [1.165, 1.54) is 4.31 Å². The van der Waals surface area contributed by atoms with Crippen LogP contribution in [-0.2, 0) is 15.4 Å². The normalized spacial score (nSPS) is 15.8. The summed E-state index contributed by atoms with van der Waals surface area (Å²) < 4.78 is 46.1. The maximum atomic E-state index is 14.5. The Morgan fingerprint density at radius 2 is 1.88 bits per heavy atom. The number of methoxy groups -OCH3 is 1. The van der Waals surface area contributed by atoms with Crippen molar-refractivity contribution in [3.63, 3.8) is 0 Å². The van der Waals surface area contributed by atoms with Crippen molar-refractivity contribution in [2.45, 2.75) is 18.3 Å². The van der Waals surface area contributed by atoms with Crippen LogP contribution in [0.1, 0.15) is 18.4 Å². The number of anilines is 5. The first-order chi connectivity index (χ1) is 15.8. The molecule has 2 N–H and O–H groups in total. The van der Waals surface area contributed by atoms with Gasteiger partial charge in [-0.15, -0.1) is 0 Å². The molecule has 0 unspecified atom stereocenters. The van der Waals surface area contributed by atoms with Crippen LogP contribution in [0.2, 0.25) is 0 Å². The molecule has 33 heavy (non-hydrogen) atoms. The number of rotatable bonds is 7. The fourth-order valence-corrected chi connectivity index (χ4v) is 5.09. The molecule has 2 aliphatic rings. The standard InChI is InChI=1S/C23H22FN5O3S/c1-3-33(30,31)29-14-23(10-11-23)18-9-6-16(12-20(18)29)26-21-19(24)13-25-22(28-21)27-15-4-7-17(32-2)8-5-15/h3-9,12-13H,1,10-11,14H2,2H3,(H2,25,26,27,28). The molecule has 1 aliphatic heterocycles. The summed E-state index contributed by atoms with van der Waals surface area (Å²) in [5.41, 5.74) is 2.68. The molecular weight excluding hydrogens is 445 g/mol. The van der Waals surface area contributed by atoms with E-state index >= 15 is 0 Å². The topological polar surface area (TPSA) is 96.5 Å². The van der Waals surface area contributed by atoms with E-state index in [9.17, 15) is 12.8 Å². The number of ether oxygens (including phenoxy) is 1. The minimum Gasteiger partial charge on any atom is -0.497 e. The third-order valence-corrected chi connectivity index (χ3v) is 7.37. The highest BCUT2D eigenvalue weighted by Gasteiger charge is 2.53. The Labute approximate surface area is 191 Å². The van der Waals surface area contributed by atoms with Gasteiger partial charge in [0.2, 0.25) is 5.95 Å². The van der Waals surface area contributed by atoms with Gasteiger partial charge in [0.05, 0.1) is 19.0 Å². The second-order valence-corrected chi connectivity index (χ2v) is 9.90. The van der Waals surface area contributed by atoms with Crippen LogP contribution in [0.5, 0.6) is 5.75 Å². The number of nitrogens with zero attached hydrogens (tertiary/aromatic N) is 3. The number of fused-ring (bicyclic) bond motifs is 2. The number of halogens is 1. The Morgan fingerprint density at radius 1 is 1.15 bits per heavy atom. The molecule has 0 atom stereocenters. The molecule has 3 aromatic rings. The van der Waals surface area contributed by atoms with Gasteiger partial charge in [-0.3, -0.25) is 4.31 Å². The van der Waals surface area contributed by atoms with Gasteiger partial charge in [0.15, 0.2) is 11.6 Å². The van der Waals surface area contributed by atoms with Crippen molar-refractivity contribution in [1.29, 1.82) is 0 Å². The summed E-state index contributed by atoms with van der Waals surface area (Å²) in [5.74, 6) is 0.251. The molecule has 1 saturated carbocycles. The molecule has 2 heterocycles. The molecule has 1 fully saturated rings. The van der Waals surface area contributed by atoms with Crippen molar-refractivity contribution in [1.82, 2.24) is 9.97 Å². The third kappa shape index (κ3) is 3.86. The van der Waals surface area contributed by atoms with Gasteiger partial charge in [0.25, 0.3) is 10.0 Å². The predicted octanol–water partition coefficient (Wildman–Crippen LogP) is 4.44. The lowest BCUT2D eigenvalue weighted by Gasteiger charge is -2.18. The average Bonchev–Trinajstić information content (AvgIpc) is 3.53. The highest BCUT2D eigenvalue weighted by atomic mass is 32.2. The summed E-state index contributed by atoms with van der Waals surface area (Å²) in [4.78, 5) is 8.23. The fourth-order valence-electron chi connectivity index (χ4n) is 4.06. The Balaban J connectivity index is 1.42. The van der Waals surface area contributed by atoms with Crippen molar-refractivity contribution >= 4 is 38.9 Å². The summed E-state index contributed by atoms with van der Waals surface area (Å²) in [5, 5.41) is 6.93. The summed E-state index contributed by atoms with van der Waals surface area (Å²) in [6.07, 6.45) is 2.95. The molecule has 1 aliphatic carbocycles. The average molecular weight is 468 g/mol. The molecule has 1 aromatic heterocycles. The fraction of sp³-hybridized carbons (Fsp3) is 0.217. The highest BCUT2D eigenvalue weighted by molar-refractivity contribution is 7.95. The first kappa shape index (κ1) is 21.2. The van der Waals surface area contributed by atoms with Gasteiger partial charge in [0, 0.05) is 28.7 Å². The minimum atomic E-state index is -3.64. The van der Waals surface area contributed by atoms with E-state index in [0.717, 1.165) is 30.0 Å². The van der Waals surface area contributed by atoms with Crippen LogP contribution in [0.25, 0.3) is 0 Å². The molecule has 0 radical (unpaired) electrons.